The van der Waals surface area contributed by atoms with E-state index in [1.807, 2.05) is 13.8 Å². The average molecular weight is 219 g/mol. The van der Waals surface area contributed by atoms with Crippen LogP contribution in [-0.2, 0) is 5.41 Å². The fourth-order valence-corrected chi connectivity index (χ4v) is 1.65. The van der Waals surface area contributed by atoms with Crippen molar-refractivity contribution in [3.63, 3.8) is 0 Å². The first kappa shape index (κ1) is 10.9. The predicted octanol–water partition coefficient (Wildman–Crippen LogP) is 1.94. The number of hydrogen-bond acceptors (Lipinski definition) is 2. The molecule has 0 aliphatic rings. The second-order valence-electron chi connectivity index (χ2n) is 5.25. The van der Waals surface area contributed by atoms with Crippen LogP contribution >= 0.6 is 0 Å². The summed E-state index contributed by atoms with van der Waals surface area (Å²) >= 11 is 0. The summed E-state index contributed by atoms with van der Waals surface area (Å²) in [7, 11) is 0. The van der Waals surface area contributed by atoms with E-state index in [1.165, 1.54) is 4.52 Å². The van der Waals surface area contributed by atoms with Crippen molar-refractivity contribution in [2.75, 3.05) is 0 Å². The van der Waals surface area contributed by atoms with Crippen molar-refractivity contribution in [2.24, 2.45) is 0 Å². The number of aryl methyl sites for hydroxylation is 2. The molecule has 0 fully saturated rings. The summed E-state index contributed by atoms with van der Waals surface area (Å²) in [5, 5.41) is 3.02. The minimum atomic E-state index is -0.106. The van der Waals surface area contributed by atoms with E-state index < -0.39 is 0 Å². The molecule has 1 N–H and O–H groups in total. The van der Waals surface area contributed by atoms with Gasteiger partial charge in [0.25, 0.3) is 5.56 Å². The van der Waals surface area contributed by atoms with E-state index in [4.69, 9.17) is 0 Å². The molecule has 0 unspecified atom stereocenters. The van der Waals surface area contributed by atoms with Crippen molar-refractivity contribution in [3.8, 4) is 0 Å². The van der Waals surface area contributed by atoms with Gasteiger partial charge in [-0.3, -0.25) is 9.89 Å². The Balaban J connectivity index is 2.86. The van der Waals surface area contributed by atoms with Gasteiger partial charge < -0.3 is 0 Å². The van der Waals surface area contributed by atoms with Gasteiger partial charge in [-0.1, -0.05) is 20.8 Å². The number of nitrogens with one attached hydrogen (secondary N) is 1. The first-order valence-electron chi connectivity index (χ1n) is 5.40. The first-order chi connectivity index (χ1) is 7.30. The Labute approximate surface area is 94.3 Å². The van der Waals surface area contributed by atoms with Gasteiger partial charge in [-0.05, 0) is 13.8 Å². The maximum Gasteiger partial charge on any atom is 0.272 e. The lowest BCUT2D eigenvalue weighted by atomic mass is 9.92. The topological polar surface area (TPSA) is 50.2 Å². The lowest BCUT2D eigenvalue weighted by molar-refractivity contribution is 0.566. The van der Waals surface area contributed by atoms with Crippen LogP contribution in [0.5, 0.6) is 0 Å². The molecular weight excluding hydrogens is 202 g/mol. The Kier molecular flexibility index (Phi) is 2.19. The highest BCUT2D eigenvalue weighted by molar-refractivity contribution is 5.49. The highest BCUT2D eigenvalue weighted by Gasteiger charge is 2.18. The molecule has 0 aliphatic carbocycles. The first-order valence-corrected chi connectivity index (χ1v) is 5.40. The van der Waals surface area contributed by atoms with E-state index in [0.717, 1.165) is 22.6 Å². The van der Waals surface area contributed by atoms with Gasteiger partial charge in [-0.15, -0.1) is 0 Å². The van der Waals surface area contributed by atoms with Crippen LogP contribution in [0.1, 0.15) is 37.7 Å². The number of aromatic amines is 1. The third-order valence-electron chi connectivity index (χ3n) is 2.86. The standard InChI is InChI=1S/C12H17N3O/c1-7-8(2)14-15-10(16)6-9(12(3,4)5)13-11(7)15/h6,14H,1-5H3. The van der Waals surface area contributed by atoms with Crippen molar-refractivity contribution in [2.45, 2.75) is 40.0 Å². The number of rotatable bonds is 0. The van der Waals surface area contributed by atoms with Crippen LogP contribution in [0.15, 0.2) is 10.9 Å². The van der Waals surface area contributed by atoms with E-state index in [2.05, 4.69) is 30.9 Å². The van der Waals surface area contributed by atoms with E-state index >= 15 is 0 Å². The van der Waals surface area contributed by atoms with Crippen LogP contribution in [0.3, 0.4) is 0 Å². The van der Waals surface area contributed by atoms with Crippen LogP contribution < -0.4 is 5.56 Å². The molecule has 2 aromatic rings. The Morgan fingerprint density at radius 1 is 1.31 bits per heavy atom. The Morgan fingerprint density at radius 2 is 1.94 bits per heavy atom. The van der Waals surface area contributed by atoms with Gasteiger partial charge in [0.1, 0.15) is 0 Å². The van der Waals surface area contributed by atoms with Crippen LogP contribution in [0.2, 0.25) is 0 Å². The summed E-state index contributed by atoms with van der Waals surface area (Å²) in [5.74, 6) is 0. The zero-order chi connectivity index (χ0) is 12.1. The minimum Gasteiger partial charge on any atom is -0.294 e. The lowest BCUT2D eigenvalue weighted by Crippen LogP contribution is -2.22. The smallest absolute Gasteiger partial charge is 0.272 e. The van der Waals surface area contributed by atoms with Gasteiger partial charge in [0.2, 0.25) is 0 Å². The van der Waals surface area contributed by atoms with Gasteiger partial charge >= 0.3 is 0 Å². The molecular formula is C12H17N3O. The molecule has 0 aliphatic heterocycles. The van der Waals surface area contributed by atoms with Gasteiger partial charge in [-0.2, -0.15) is 0 Å². The number of nitrogens with zero attached hydrogens (tertiary/aromatic N) is 2. The second-order valence-corrected chi connectivity index (χ2v) is 5.25. The molecule has 2 heterocycles. The van der Waals surface area contributed by atoms with Crippen molar-refractivity contribution in [1.82, 2.24) is 14.6 Å². The molecule has 4 nitrogen and oxygen atoms in total. The maximum absolute atomic E-state index is 11.9. The Hall–Kier alpha value is -1.58. The van der Waals surface area contributed by atoms with Crippen LogP contribution in [0.4, 0.5) is 0 Å². The van der Waals surface area contributed by atoms with Gasteiger partial charge in [0.15, 0.2) is 5.65 Å². The third-order valence-corrected chi connectivity index (χ3v) is 2.86. The van der Waals surface area contributed by atoms with Gasteiger partial charge in [0.05, 0.1) is 5.69 Å². The van der Waals surface area contributed by atoms with Crippen molar-refractivity contribution in [1.29, 1.82) is 0 Å². The molecule has 16 heavy (non-hydrogen) atoms. The Bertz CT molecular complexity index is 599. The second kappa shape index (κ2) is 3.20. The summed E-state index contributed by atoms with van der Waals surface area (Å²) in [6.07, 6.45) is 0. The summed E-state index contributed by atoms with van der Waals surface area (Å²) in [6.45, 7) is 10.1. The molecule has 0 spiro atoms. The van der Waals surface area contributed by atoms with E-state index in [0.29, 0.717) is 0 Å². The monoisotopic (exact) mass is 219 g/mol. The molecule has 86 valence electrons. The van der Waals surface area contributed by atoms with Crippen molar-refractivity contribution >= 4 is 5.65 Å². The molecule has 0 bridgehead atoms. The molecule has 2 aromatic heterocycles. The molecule has 0 radical (unpaired) electrons. The molecule has 4 heteroatoms. The highest BCUT2D eigenvalue weighted by Crippen LogP contribution is 2.20. The number of hydrogen-bond donors (Lipinski definition) is 1. The zero-order valence-corrected chi connectivity index (χ0v) is 10.4. The summed E-state index contributed by atoms with van der Waals surface area (Å²) < 4.78 is 1.50. The summed E-state index contributed by atoms with van der Waals surface area (Å²) in [4.78, 5) is 16.5. The predicted molar refractivity (Wildman–Crippen MR) is 64.0 cm³/mol. The van der Waals surface area contributed by atoms with Crippen molar-refractivity contribution < 1.29 is 0 Å². The number of aromatic nitrogens is 3. The maximum atomic E-state index is 11.9. The van der Waals surface area contributed by atoms with E-state index in [1.54, 1.807) is 6.07 Å². The molecule has 0 saturated heterocycles. The Morgan fingerprint density at radius 3 is 2.50 bits per heavy atom. The van der Waals surface area contributed by atoms with Crippen LogP contribution in [0.25, 0.3) is 5.65 Å². The quantitative estimate of drug-likeness (QED) is 0.736. The average Bonchev–Trinajstić information content (AvgIpc) is 2.44. The summed E-state index contributed by atoms with van der Waals surface area (Å²) in [6, 6.07) is 1.60. The third kappa shape index (κ3) is 1.54. The van der Waals surface area contributed by atoms with E-state index in [-0.39, 0.29) is 11.0 Å². The van der Waals surface area contributed by atoms with Crippen molar-refractivity contribution in [3.05, 3.63) is 33.4 Å². The van der Waals surface area contributed by atoms with E-state index in [9.17, 15) is 4.79 Å². The zero-order valence-electron chi connectivity index (χ0n) is 10.4. The molecule has 0 amide bonds. The van der Waals surface area contributed by atoms with Gasteiger partial charge in [-0.25, -0.2) is 9.50 Å². The normalized spacial score (nSPS) is 12.3. The SMILES string of the molecule is Cc1[nH]n2c(=O)cc(C(C)(C)C)nc2c1C. The largest absolute Gasteiger partial charge is 0.294 e. The van der Waals surface area contributed by atoms with Crippen LogP contribution in [-0.4, -0.2) is 14.6 Å². The number of fused-ring (bicyclic) bond motifs is 1. The molecule has 0 atom stereocenters. The number of H-pyrrole nitrogens is 1. The van der Waals surface area contributed by atoms with Gasteiger partial charge in [0, 0.05) is 22.7 Å². The fourth-order valence-electron chi connectivity index (χ4n) is 1.65. The molecule has 0 aromatic carbocycles. The minimum absolute atomic E-state index is 0.0499. The lowest BCUT2D eigenvalue weighted by Gasteiger charge is -2.17. The molecule has 0 saturated carbocycles. The summed E-state index contributed by atoms with van der Waals surface area (Å²) in [5.41, 5.74) is 3.42. The molecule has 2 rings (SSSR count). The highest BCUT2D eigenvalue weighted by atomic mass is 16.1. The van der Waals surface area contributed by atoms with Crippen LogP contribution in [0, 0.1) is 13.8 Å². The fraction of sp³-hybridized carbons (Fsp3) is 0.500.